The predicted molar refractivity (Wildman–Crippen MR) is 92.9 cm³/mol. The number of nitrogens with one attached hydrogen (secondary N) is 2. The van der Waals surface area contributed by atoms with Crippen LogP contribution in [0.4, 0.5) is 4.79 Å². The maximum atomic E-state index is 11.7. The Kier molecular flexibility index (Phi) is 6.75. The summed E-state index contributed by atoms with van der Waals surface area (Å²) in [6.45, 7) is 1.31. The first-order chi connectivity index (χ1) is 11.2. The average molecular weight is 379 g/mol. The van der Waals surface area contributed by atoms with Crippen LogP contribution in [-0.2, 0) is 6.54 Å². The van der Waals surface area contributed by atoms with Gasteiger partial charge in [0.2, 0.25) is 0 Å². The highest BCUT2D eigenvalue weighted by Gasteiger charge is 2.01. The zero-order chi connectivity index (χ0) is 16.5. The van der Waals surface area contributed by atoms with Gasteiger partial charge in [0.1, 0.15) is 18.1 Å². The molecule has 2 aromatic rings. The van der Waals surface area contributed by atoms with Crippen molar-refractivity contribution in [3.05, 3.63) is 58.6 Å². The van der Waals surface area contributed by atoms with Crippen molar-refractivity contribution in [1.29, 1.82) is 0 Å². The first-order valence-electron chi connectivity index (χ1n) is 7.20. The summed E-state index contributed by atoms with van der Waals surface area (Å²) in [6.07, 6.45) is 0. The Morgan fingerprint density at radius 2 is 1.65 bits per heavy atom. The molecule has 0 aromatic heterocycles. The standard InChI is InChI=1S/C17H19BrN2O3/c1-22-15-6-8-16(9-7-15)23-11-10-19-17(21)20-12-13-2-4-14(18)5-3-13/h2-9H,10-12H2,1H3,(H2,19,20,21). The number of carbonyl (C=O) groups is 1. The van der Waals surface area contributed by atoms with Crippen molar-refractivity contribution >= 4 is 22.0 Å². The Labute approximate surface area is 144 Å². The van der Waals surface area contributed by atoms with Crippen LogP contribution in [0, 0.1) is 0 Å². The number of hydrogen-bond acceptors (Lipinski definition) is 3. The largest absolute Gasteiger partial charge is 0.497 e. The van der Waals surface area contributed by atoms with E-state index in [-0.39, 0.29) is 6.03 Å². The molecule has 122 valence electrons. The van der Waals surface area contributed by atoms with E-state index in [9.17, 15) is 4.79 Å². The number of halogens is 1. The lowest BCUT2D eigenvalue weighted by Gasteiger charge is -2.09. The highest BCUT2D eigenvalue weighted by Crippen LogP contribution is 2.16. The third kappa shape index (κ3) is 6.20. The lowest BCUT2D eigenvalue weighted by molar-refractivity contribution is 0.236. The molecule has 0 saturated heterocycles. The molecule has 2 rings (SSSR count). The van der Waals surface area contributed by atoms with Gasteiger partial charge in [-0.1, -0.05) is 28.1 Å². The van der Waals surface area contributed by atoms with Crippen LogP contribution in [0.1, 0.15) is 5.56 Å². The monoisotopic (exact) mass is 378 g/mol. The summed E-state index contributed by atoms with van der Waals surface area (Å²) in [5.74, 6) is 1.52. The maximum absolute atomic E-state index is 11.7. The minimum Gasteiger partial charge on any atom is -0.497 e. The highest BCUT2D eigenvalue weighted by molar-refractivity contribution is 9.10. The van der Waals surface area contributed by atoms with Crippen LogP contribution >= 0.6 is 15.9 Å². The second-order valence-electron chi connectivity index (χ2n) is 4.76. The van der Waals surface area contributed by atoms with Crippen LogP contribution < -0.4 is 20.1 Å². The molecule has 2 N–H and O–H groups in total. The molecule has 0 unspecified atom stereocenters. The predicted octanol–water partition coefficient (Wildman–Crippen LogP) is 3.34. The first kappa shape index (κ1) is 17.1. The first-order valence-corrected chi connectivity index (χ1v) is 7.99. The van der Waals surface area contributed by atoms with Crippen LogP contribution in [-0.4, -0.2) is 26.3 Å². The van der Waals surface area contributed by atoms with Crippen LogP contribution in [0.15, 0.2) is 53.0 Å². The van der Waals surface area contributed by atoms with Crippen LogP contribution in [0.3, 0.4) is 0 Å². The van der Waals surface area contributed by atoms with Crippen molar-refractivity contribution < 1.29 is 14.3 Å². The minimum absolute atomic E-state index is 0.216. The minimum atomic E-state index is -0.216. The molecule has 0 aliphatic carbocycles. The van der Waals surface area contributed by atoms with E-state index >= 15 is 0 Å². The topological polar surface area (TPSA) is 59.6 Å². The number of benzene rings is 2. The number of amides is 2. The molecule has 2 aromatic carbocycles. The molecule has 6 heteroatoms. The summed E-state index contributed by atoms with van der Waals surface area (Å²) in [5.41, 5.74) is 1.04. The fourth-order valence-corrected chi connectivity index (χ4v) is 2.12. The summed E-state index contributed by atoms with van der Waals surface area (Å²) < 4.78 is 11.6. The van der Waals surface area contributed by atoms with Crippen molar-refractivity contribution in [2.24, 2.45) is 0 Å². The number of carbonyl (C=O) groups excluding carboxylic acids is 1. The highest BCUT2D eigenvalue weighted by atomic mass is 79.9. The average Bonchev–Trinajstić information content (AvgIpc) is 2.59. The van der Waals surface area contributed by atoms with E-state index in [4.69, 9.17) is 9.47 Å². The molecule has 0 spiro atoms. The van der Waals surface area contributed by atoms with Gasteiger partial charge in [0.05, 0.1) is 13.7 Å². The van der Waals surface area contributed by atoms with Gasteiger partial charge in [0.25, 0.3) is 0 Å². The van der Waals surface area contributed by atoms with E-state index in [1.165, 1.54) is 0 Å². The summed E-state index contributed by atoms with van der Waals surface area (Å²) in [4.78, 5) is 11.7. The molecule has 0 aliphatic heterocycles. The van der Waals surface area contributed by atoms with E-state index in [0.29, 0.717) is 19.7 Å². The van der Waals surface area contributed by atoms with Crippen LogP contribution in [0.2, 0.25) is 0 Å². The van der Waals surface area contributed by atoms with Crippen LogP contribution in [0.25, 0.3) is 0 Å². The maximum Gasteiger partial charge on any atom is 0.315 e. The Hall–Kier alpha value is -2.21. The summed E-state index contributed by atoms with van der Waals surface area (Å²) >= 11 is 3.37. The van der Waals surface area contributed by atoms with E-state index in [1.807, 2.05) is 48.5 Å². The summed E-state index contributed by atoms with van der Waals surface area (Å²) in [5, 5.41) is 5.54. The van der Waals surface area contributed by atoms with Gasteiger partial charge in [0.15, 0.2) is 0 Å². The van der Waals surface area contributed by atoms with Crippen molar-refractivity contribution in [3.63, 3.8) is 0 Å². The lowest BCUT2D eigenvalue weighted by Crippen LogP contribution is -2.37. The van der Waals surface area contributed by atoms with Gasteiger partial charge in [0, 0.05) is 11.0 Å². The van der Waals surface area contributed by atoms with E-state index in [0.717, 1.165) is 21.5 Å². The van der Waals surface area contributed by atoms with Gasteiger partial charge >= 0.3 is 6.03 Å². The fourth-order valence-electron chi connectivity index (χ4n) is 1.85. The van der Waals surface area contributed by atoms with Gasteiger partial charge in [-0.25, -0.2) is 4.79 Å². The van der Waals surface area contributed by atoms with Crippen molar-refractivity contribution in [1.82, 2.24) is 10.6 Å². The molecule has 0 bridgehead atoms. The molecule has 0 radical (unpaired) electrons. The number of urea groups is 1. The lowest BCUT2D eigenvalue weighted by atomic mass is 10.2. The third-order valence-electron chi connectivity index (χ3n) is 3.08. The number of methoxy groups -OCH3 is 1. The van der Waals surface area contributed by atoms with Crippen molar-refractivity contribution in [2.45, 2.75) is 6.54 Å². The number of rotatable bonds is 7. The van der Waals surface area contributed by atoms with Crippen molar-refractivity contribution in [2.75, 3.05) is 20.3 Å². The zero-order valence-corrected chi connectivity index (χ0v) is 14.4. The molecule has 23 heavy (non-hydrogen) atoms. The van der Waals surface area contributed by atoms with Gasteiger partial charge in [-0.2, -0.15) is 0 Å². The van der Waals surface area contributed by atoms with E-state index in [1.54, 1.807) is 7.11 Å². The quantitative estimate of drug-likeness (QED) is 0.726. The molecule has 2 amide bonds. The van der Waals surface area contributed by atoms with Crippen LogP contribution in [0.5, 0.6) is 11.5 Å². The van der Waals surface area contributed by atoms with Gasteiger partial charge < -0.3 is 20.1 Å². The molecular weight excluding hydrogens is 360 g/mol. The molecule has 0 heterocycles. The fraction of sp³-hybridized carbons (Fsp3) is 0.235. The normalized spacial score (nSPS) is 10.0. The van der Waals surface area contributed by atoms with E-state index < -0.39 is 0 Å². The zero-order valence-electron chi connectivity index (χ0n) is 12.8. The van der Waals surface area contributed by atoms with Gasteiger partial charge in [-0.3, -0.25) is 0 Å². The SMILES string of the molecule is COc1ccc(OCCNC(=O)NCc2ccc(Br)cc2)cc1. The van der Waals surface area contributed by atoms with Gasteiger partial charge in [-0.15, -0.1) is 0 Å². The molecule has 0 saturated carbocycles. The molecule has 0 atom stereocenters. The third-order valence-corrected chi connectivity index (χ3v) is 3.61. The Bertz CT molecular complexity index is 615. The molecular formula is C17H19BrN2O3. The summed E-state index contributed by atoms with van der Waals surface area (Å²) in [7, 11) is 1.62. The van der Waals surface area contributed by atoms with Crippen molar-refractivity contribution in [3.8, 4) is 11.5 Å². The smallest absolute Gasteiger partial charge is 0.315 e. The number of ether oxygens (including phenoxy) is 2. The molecule has 0 aliphatic rings. The Morgan fingerprint density at radius 3 is 2.30 bits per heavy atom. The molecule has 0 fully saturated rings. The van der Waals surface area contributed by atoms with E-state index in [2.05, 4.69) is 26.6 Å². The summed E-state index contributed by atoms with van der Waals surface area (Å²) in [6, 6.07) is 14.9. The second-order valence-corrected chi connectivity index (χ2v) is 5.68. The Balaban J connectivity index is 1.61. The molecule has 5 nitrogen and oxygen atoms in total. The number of hydrogen-bond donors (Lipinski definition) is 2. The second kappa shape index (κ2) is 9.05. The van der Waals surface area contributed by atoms with Gasteiger partial charge in [-0.05, 0) is 42.0 Å². The Morgan fingerprint density at radius 1 is 1.00 bits per heavy atom.